The molecule has 136 valence electrons. The van der Waals surface area contributed by atoms with Crippen molar-refractivity contribution in [3.63, 3.8) is 0 Å². The molecule has 0 spiro atoms. The Balaban J connectivity index is 2.81. The van der Waals surface area contributed by atoms with Crippen LogP contribution in [0.25, 0.3) is 0 Å². The highest BCUT2D eigenvalue weighted by Crippen LogP contribution is 2.38. The van der Waals surface area contributed by atoms with E-state index in [2.05, 4.69) is 52.9 Å². The largest absolute Gasteiger partial charge is 0.411 e. The predicted octanol–water partition coefficient (Wildman–Crippen LogP) is 3.63. The first-order valence-electron chi connectivity index (χ1n) is 8.89. The molecule has 4 atom stereocenters. The van der Waals surface area contributed by atoms with E-state index in [9.17, 15) is 5.11 Å². The standard InChI is InChI=1S/C18H36O4Si/c1-7-15(22-23(5,6)18(2,3)4)17-11-9-8-10-16(21-17)14(20)12-13-19/h8-9,14-17,19-20H,7,10-13H2,1-6H3/t14?,15?,16-,17+/m0/s1. The summed E-state index contributed by atoms with van der Waals surface area (Å²) in [5, 5.41) is 19.4. The van der Waals surface area contributed by atoms with Crippen LogP contribution in [-0.2, 0) is 9.16 Å². The van der Waals surface area contributed by atoms with Gasteiger partial charge < -0.3 is 19.4 Å². The van der Waals surface area contributed by atoms with Crippen molar-refractivity contribution in [2.24, 2.45) is 0 Å². The molecule has 0 aromatic carbocycles. The van der Waals surface area contributed by atoms with E-state index >= 15 is 0 Å². The normalized spacial score (nSPS) is 25.9. The average molecular weight is 345 g/mol. The van der Waals surface area contributed by atoms with Crippen molar-refractivity contribution in [3.8, 4) is 0 Å². The zero-order valence-electron chi connectivity index (χ0n) is 15.7. The number of rotatable bonds is 7. The van der Waals surface area contributed by atoms with Crippen LogP contribution in [0.15, 0.2) is 12.2 Å². The molecule has 23 heavy (non-hydrogen) atoms. The highest BCUT2D eigenvalue weighted by molar-refractivity contribution is 6.74. The summed E-state index contributed by atoms with van der Waals surface area (Å²) in [7, 11) is -1.86. The summed E-state index contributed by atoms with van der Waals surface area (Å²) in [6.07, 6.45) is 6.08. The van der Waals surface area contributed by atoms with Gasteiger partial charge in [-0.1, -0.05) is 39.8 Å². The fraction of sp³-hybridized carbons (Fsp3) is 0.889. The van der Waals surface area contributed by atoms with Crippen LogP contribution in [0.1, 0.15) is 53.4 Å². The monoisotopic (exact) mass is 344 g/mol. The third-order valence-corrected chi connectivity index (χ3v) is 9.68. The number of aliphatic hydroxyl groups excluding tert-OH is 2. The van der Waals surface area contributed by atoms with Crippen LogP contribution in [0.2, 0.25) is 18.1 Å². The van der Waals surface area contributed by atoms with E-state index in [1.165, 1.54) is 0 Å². The zero-order valence-corrected chi connectivity index (χ0v) is 16.7. The highest BCUT2D eigenvalue weighted by atomic mass is 28.4. The average Bonchev–Trinajstić information content (AvgIpc) is 2.69. The summed E-state index contributed by atoms with van der Waals surface area (Å²) in [4.78, 5) is 0. The van der Waals surface area contributed by atoms with Crippen LogP contribution in [0, 0.1) is 0 Å². The minimum absolute atomic E-state index is 0.0208. The van der Waals surface area contributed by atoms with Crippen LogP contribution in [-0.4, -0.2) is 49.6 Å². The Bertz CT molecular complexity index is 376. The quantitative estimate of drug-likeness (QED) is 0.547. The number of aliphatic hydroxyl groups is 2. The van der Waals surface area contributed by atoms with Crippen molar-refractivity contribution >= 4 is 8.32 Å². The Hall–Kier alpha value is -0.203. The van der Waals surface area contributed by atoms with Gasteiger partial charge in [-0.25, -0.2) is 0 Å². The number of ether oxygens (including phenoxy) is 1. The summed E-state index contributed by atoms with van der Waals surface area (Å²) in [6, 6.07) is 0. The van der Waals surface area contributed by atoms with Gasteiger partial charge in [-0.3, -0.25) is 0 Å². The van der Waals surface area contributed by atoms with Crippen LogP contribution in [0.5, 0.6) is 0 Å². The van der Waals surface area contributed by atoms with E-state index in [0.29, 0.717) is 12.8 Å². The van der Waals surface area contributed by atoms with Crippen LogP contribution >= 0.6 is 0 Å². The Kier molecular flexibility index (Phi) is 7.94. The lowest BCUT2D eigenvalue weighted by atomic mass is 10.1. The van der Waals surface area contributed by atoms with Crippen LogP contribution < -0.4 is 0 Å². The van der Waals surface area contributed by atoms with E-state index in [1.54, 1.807) is 0 Å². The SMILES string of the molecule is CCC(O[Si](C)(C)C(C)(C)C)[C@H]1CC=CC[C@@H](C(O)CCO)O1. The van der Waals surface area contributed by atoms with Gasteiger partial charge in [0.15, 0.2) is 8.32 Å². The Morgan fingerprint density at radius 1 is 1.22 bits per heavy atom. The molecule has 0 radical (unpaired) electrons. The topological polar surface area (TPSA) is 58.9 Å². The van der Waals surface area contributed by atoms with Gasteiger partial charge in [0.05, 0.1) is 24.4 Å². The summed E-state index contributed by atoms with van der Waals surface area (Å²) >= 11 is 0. The predicted molar refractivity (Wildman–Crippen MR) is 97.1 cm³/mol. The highest BCUT2D eigenvalue weighted by Gasteiger charge is 2.41. The zero-order chi connectivity index (χ0) is 17.7. The van der Waals surface area contributed by atoms with Crippen molar-refractivity contribution < 1.29 is 19.4 Å². The van der Waals surface area contributed by atoms with E-state index in [-0.39, 0.29) is 30.0 Å². The molecule has 0 bridgehead atoms. The van der Waals surface area contributed by atoms with Gasteiger partial charge in [0.2, 0.25) is 0 Å². The Morgan fingerprint density at radius 2 is 1.78 bits per heavy atom. The second-order valence-electron chi connectivity index (χ2n) is 8.06. The molecule has 0 saturated carbocycles. The summed E-state index contributed by atoms with van der Waals surface area (Å²) in [6.45, 7) is 13.4. The van der Waals surface area contributed by atoms with E-state index in [0.717, 1.165) is 12.8 Å². The van der Waals surface area contributed by atoms with Gasteiger partial charge in [0.1, 0.15) is 0 Å². The molecule has 0 aliphatic carbocycles. The van der Waals surface area contributed by atoms with Crippen LogP contribution in [0.4, 0.5) is 0 Å². The molecule has 0 aromatic rings. The van der Waals surface area contributed by atoms with E-state index in [1.807, 2.05) is 0 Å². The first-order valence-corrected chi connectivity index (χ1v) is 11.8. The van der Waals surface area contributed by atoms with Crippen molar-refractivity contribution in [1.82, 2.24) is 0 Å². The van der Waals surface area contributed by atoms with Gasteiger partial charge in [0, 0.05) is 6.61 Å². The fourth-order valence-electron chi connectivity index (χ4n) is 2.58. The molecule has 1 rings (SSSR count). The lowest BCUT2D eigenvalue weighted by molar-refractivity contribution is -0.111. The maximum absolute atomic E-state index is 10.2. The minimum atomic E-state index is -1.86. The molecule has 4 nitrogen and oxygen atoms in total. The molecule has 0 fully saturated rings. The summed E-state index contributed by atoms with van der Waals surface area (Å²) in [5.41, 5.74) is 0. The van der Waals surface area contributed by atoms with E-state index in [4.69, 9.17) is 14.3 Å². The summed E-state index contributed by atoms with van der Waals surface area (Å²) < 4.78 is 12.8. The Labute approximate surface area is 143 Å². The summed E-state index contributed by atoms with van der Waals surface area (Å²) in [5.74, 6) is 0. The molecule has 2 unspecified atom stereocenters. The molecule has 1 heterocycles. The van der Waals surface area contributed by atoms with E-state index < -0.39 is 14.4 Å². The molecular formula is C18H36O4Si. The molecule has 5 heteroatoms. The molecular weight excluding hydrogens is 308 g/mol. The number of hydrogen-bond donors (Lipinski definition) is 2. The maximum Gasteiger partial charge on any atom is 0.192 e. The second-order valence-corrected chi connectivity index (χ2v) is 12.8. The van der Waals surface area contributed by atoms with Crippen molar-refractivity contribution in [1.29, 1.82) is 0 Å². The maximum atomic E-state index is 10.2. The molecule has 1 aliphatic rings. The molecule has 1 aliphatic heterocycles. The lowest BCUT2D eigenvalue weighted by Gasteiger charge is -2.41. The number of hydrogen-bond acceptors (Lipinski definition) is 4. The van der Waals surface area contributed by atoms with Crippen molar-refractivity contribution in [2.75, 3.05) is 6.61 Å². The first-order chi connectivity index (χ1) is 10.6. The second kappa shape index (κ2) is 8.76. The molecule has 0 amide bonds. The van der Waals surface area contributed by atoms with Gasteiger partial charge in [-0.15, -0.1) is 0 Å². The minimum Gasteiger partial charge on any atom is -0.411 e. The van der Waals surface area contributed by atoms with Gasteiger partial charge in [0.25, 0.3) is 0 Å². The third-order valence-electron chi connectivity index (χ3n) is 5.18. The Morgan fingerprint density at radius 3 is 2.26 bits per heavy atom. The van der Waals surface area contributed by atoms with Gasteiger partial charge in [-0.05, 0) is 43.8 Å². The van der Waals surface area contributed by atoms with Crippen LogP contribution in [0.3, 0.4) is 0 Å². The fourth-order valence-corrected chi connectivity index (χ4v) is 4.01. The van der Waals surface area contributed by atoms with Crippen molar-refractivity contribution in [2.45, 2.75) is 95.9 Å². The van der Waals surface area contributed by atoms with Gasteiger partial charge >= 0.3 is 0 Å². The molecule has 0 saturated heterocycles. The van der Waals surface area contributed by atoms with Gasteiger partial charge in [-0.2, -0.15) is 0 Å². The lowest BCUT2D eigenvalue weighted by Crippen LogP contribution is -2.48. The first kappa shape index (κ1) is 20.8. The molecule has 0 aromatic heterocycles. The smallest absolute Gasteiger partial charge is 0.192 e. The molecule has 2 N–H and O–H groups in total. The third kappa shape index (κ3) is 5.98. The van der Waals surface area contributed by atoms with Crippen molar-refractivity contribution in [3.05, 3.63) is 12.2 Å².